The molecule has 2 fully saturated rings. The van der Waals surface area contributed by atoms with E-state index in [2.05, 4.69) is 30.8 Å². The number of rotatable bonds is 4. The van der Waals surface area contributed by atoms with Gasteiger partial charge in [0.05, 0.1) is 0 Å². The van der Waals surface area contributed by atoms with Gasteiger partial charge in [0.1, 0.15) is 10.8 Å². The molecular weight excluding hydrogens is 421 g/mol. The van der Waals surface area contributed by atoms with Gasteiger partial charge in [0.25, 0.3) is 5.82 Å². The zero-order valence-electron chi connectivity index (χ0n) is 15.6. The minimum absolute atomic E-state index is 0.0305. The van der Waals surface area contributed by atoms with E-state index in [1.807, 2.05) is 4.90 Å². The number of nitrogens with one attached hydrogen (secondary N) is 1. The summed E-state index contributed by atoms with van der Waals surface area (Å²) in [5, 5.41) is 23.2. The Morgan fingerprint density at radius 1 is 1.07 bits per heavy atom. The molecule has 158 valence electrons. The number of alkyl halides is 3. The lowest BCUT2D eigenvalue weighted by atomic mass is 9.96. The third-order valence-electron chi connectivity index (χ3n) is 5.29. The van der Waals surface area contributed by atoms with Gasteiger partial charge in [0.15, 0.2) is 5.65 Å². The molecule has 0 radical (unpaired) electrons. The first-order chi connectivity index (χ1) is 14.4. The molecule has 5 rings (SSSR count). The average Bonchev–Trinajstić information content (AvgIpc) is 3.31. The minimum Gasteiger partial charge on any atom is -0.355 e. The Labute approximate surface area is 172 Å². The quantitative estimate of drug-likeness (QED) is 0.668. The van der Waals surface area contributed by atoms with Crippen molar-refractivity contribution in [2.75, 3.05) is 23.3 Å². The Balaban J connectivity index is 1.23. The SMILES string of the molecule is O=C(Nc1nnc(C2CC2)s1)C1CCN(c2ccc3nnc(C(F)(F)F)n3n2)CC1. The highest BCUT2D eigenvalue weighted by atomic mass is 32.1. The fourth-order valence-corrected chi connectivity index (χ4v) is 4.40. The van der Waals surface area contributed by atoms with E-state index in [-0.39, 0.29) is 17.5 Å². The van der Waals surface area contributed by atoms with Crippen LogP contribution in [0.4, 0.5) is 24.1 Å². The van der Waals surface area contributed by atoms with Crippen molar-refractivity contribution in [1.29, 1.82) is 0 Å². The molecule has 1 N–H and O–H groups in total. The van der Waals surface area contributed by atoms with Crippen molar-refractivity contribution >= 4 is 33.8 Å². The number of nitrogens with zero attached hydrogens (tertiary/aromatic N) is 7. The van der Waals surface area contributed by atoms with Gasteiger partial charge in [-0.3, -0.25) is 4.79 Å². The lowest BCUT2D eigenvalue weighted by molar-refractivity contribution is -0.146. The molecule has 1 amide bonds. The maximum Gasteiger partial charge on any atom is 0.453 e. The van der Waals surface area contributed by atoms with E-state index in [1.165, 1.54) is 17.4 Å². The molecule has 1 saturated heterocycles. The number of amides is 1. The first-order valence-corrected chi connectivity index (χ1v) is 10.4. The standard InChI is InChI=1S/C17H17F3N8OS/c18-17(19,20)15-24-22-11-3-4-12(26-28(11)15)27-7-5-9(6-8-27)13(29)21-16-25-23-14(30-16)10-1-2-10/h3-4,9-10H,1-2,5-8H2,(H,21,25,29). The molecule has 1 aliphatic carbocycles. The topological polar surface area (TPSA) is 101 Å². The predicted molar refractivity (Wildman–Crippen MR) is 101 cm³/mol. The lowest BCUT2D eigenvalue weighted by Gasteiger charge is -2.31. The van der Waals surface area contributed by atoms with Crippen molar-refractivity contribution in [3.63, 3.8) is 0 Å². The molecule has 4 heterocycles. The fraction of sp³-hybridized carbons (Fsp3) is 0.529. The van der Waals surface area contributed by atoms with Crippen molar-refractivity contribution in [2.45, 2.75) is 37.8 Å². The molecule has 0 bridgehead atoms. The molecule has 1 saturated carbocycles. The highest BCUT2D eigenvalue weighted by Gasteiger charge is 2.38. The molecule has 3 aromatic rings. The highest BCUT2D eigenvalue weighted by molar-refractivity contribution is 7.15. The van der Waals surface area contributed by atoms with Crippen LogP contribution in [0.5, 0.6) is 0 Å². The van der Waals surface area contributed by atoms with Crippen LogP contribution in [0.1, 0.15) is 42.4 Å². The van der Waals surface area contributed by atoms with Crippen LogP contribution >= 0.6 is 11.3 Å². The summed E-state index contributed by atoms with van der Waals surface area (Å²) in [6.45, 7) is 1.01. The Hall–Kier alpha value is -2.83. The number of anilines is 2. The van der Waals surface area contributed by atoms with E-state index in [0.717, 1.165) is 17.8 Å². The normalized spacial score (nSPS) is 18.2. The lowest BCUT2D eigenvalue weighted by Crippen LogP contribution is -2.38. The summed E-state index contributed by atoms with van der Waals surface area (Å²) >= 11 is 1.42. The maximum absolute atomic E-state index is 13.1. The summed E-state index contributed by atoms with van der Waals surface area (Å²) in [5.74, 6) is -0.570. The number of halogens is 3. The van der Waals surface area contributed by atoms with Gasteiger partial charge in [-0.05, 0) is 37.8 Å². The summed E-state index contributed by atoms with van der Waals surface area (Å²) in [4.78, 5) is 14.4. The molecule has 3 aromatic heterocycles. The third kappa shape index (κ3) is 3.68. The summed E-state index contributed by atoms with van der Waals surface area (Å²) in [5.41, 5.74) is 0.0305. The maximum atomic E-state index is 13.1. The first-order valence-electron chi connectivity index (χ1n) is 9.57. The molecule has 1 aliphatic heterocycles. The van der Waals surface area contributed by atoms with Crippen molar-refractivity contribution in [3.05, 3.63) is 23.0 Å². The van der Waals surface area contributed by atoms with Crippen LogP contribution in [0, 0.1) is 5.92 Å². The Morgan fingerprint density at radius 3 is 2.53 bits per heavy atom. The fourth-order valence-electron chi connectivity index (χ4n) is 3.48. The summed E-state index contributed by atoms with van der Waals surface area (Å²) in [6.07, 6.45) is -1.26. The van der Waals surface area contributed by atoms with E-state index in [4.69, 9.17) is 0 Å². The Morgan fingerprint density at radius 2 is 1.83 bits per heavy atom. The van der Waals surface area contributed by atoms with E-state index in [1.54, 1.807) is 6.07 Å². The first kappa shape index (κ1) is 19.2. The van der Waals surface area contributed by atoms with Gasteiger partial charge >= 0.3 is 6.18 Å². The van der Waals surface area contributed by atoms with Crippen LogP contribution in [0.25, 0.3) is 5.65 Å². The van der Waals surface area contributed by atoms with Crippen LogP contribution in [0.3, 0.4) is 0 Å². The molecule has 2 aliphatic rings. The van der Waals surface area contributed by atoms with E-state index in [9.17, 15) is 18.0 Å². The van der Waals surface area contributed by atoms with Gasteiger partial charge in [0.2, 0.25) is 11.0 Å². The van der Waals surface area contributed by atoms with Gasteiger partial charge in [0, 0.05) is 24.9 Å². The van der Waals surface area contributed by atoms with Gasteiger partial charge in [-0.1, -0.05) is 11.3 Å². The number of piperidine rings is 1. The summed E-state index contributed by atoms with van der Waals surface area (Å²) < 4.78 is 39.9. The molecule has 0 spiro atoms. The number of aromatic nitrogens is 6. The number of carbonyl (C=O) groups is 1. The number of hydrogen-bond acceptors (Lipinski definition) is 8. The van der Waals surface area contributed by atoms with Crippen LogP contribution in [-0.4, -0.2) is 49.0 Å². The van der Waals surface area contributed by atoms with Crippen LogP contribution < -0.4 is 10.2 Å². The predicted octanol–water partition coefficient (Wildman–Crippen LogP) is 2.73. The molecular formula is C17H17F3N8OS. The molecule has 30 heavy (non-hydrogen) atoms. The molecule has 13 heteroatoms. The second-order valence-corrected chi connectivity index (χ2v) is 8.46. The number of hydrogen-bond donors (Lipinski definition) is 1. The zero-order chi connectivity index (χ0) is 20.9. The van der Waals surface area contributed by atoms with E-state index >= 15 is 0 Å². The largest absolute Gasteiger partial charge is 0.453 e. The Kier molecular flexibility index (Phi) is 4.56. The molecule has 9 nitrogen and oxygen atoms in total. The van der Waals surface area contributed by atoms with Gasteiger partial charge in [-0.2, -0.15) is 17.7 Å². The molecule has 0 aromatic carbocycles. The zero-order valence-corrected chi connectivity index (χ0v) is 16.4. The molecule has 0 atom stereocenters. The summed E-state index contributed by atoms with van der Waals surface area (Å²) in [7, 11) is 0. The number of carbonyl (C=O) groups excluding carboxylic acids is 1. The molecule has 0 unspecified atom stereocenters. The van der Waals surface area contributed by atoms with Crippen LogP contribution in [0.15, 0.2) is 12.1 Å². The minimum atomic E-state index is -4.64. The van der Waals surface area contributed by atoms with Crippen LogP contribution in [-0.2, 0) is 11.0 Å². The second-order valence-electron chi connectivity index (χ2n) is 7.45. The third-order valence-corrected chi connectivity index (χ3v) is 6.29. The van der Waals surface area contributed by atoms with E-state index < -0.39 is 12.0 Å². The smallest absolute Gasteiger partial charge is 0.355 e. The summed E-state index contributed by atoms with van der Waals surface area (Å²) in [6, 6.07) is 3.07. The van der Waals surface area contributed by atoms with Crippen molar-refractivity contribution in [3.8, 4) is 0 Å². The highest BCUT2D eigenvalue weighted by Crippen LogP contribution is 2.42. The second kappa shape index (κ2) is 7.15. The van der Waals surface area contributed by atoms with E-state index in [0.29, 0.717) is 47.3 Å². The Bertz CT molecular complexity index is 1080. The number of fused-ring (bicyclic) bond motifs is 1. The van der Waals surface area contributed by atoms with Gasteiger partial charge in [-0.15, -0.1) is 25.5 Å². The van der Waals surface area contributed by atoms with Gasteiger partial charge < -0.3 is 10.2 Å². The van der Waals surface area contributed by atoms with Crippen molar-refractivity contribution < 1.29 is 18.0 Å². The van der Waals surface area contributed by atoms with Crippen LogP contribution in [0.2, 0.25) is 0 Å². The van der Waals surface area contributed by atoms with Gasteiger partial charge in [-0.25, -0.2) is 0 Å². The van der Waals surface area contributed by atoms with Crippen molar-refractivity contribution in [1.82, 2.24) is 30.0 Å². The average molecular weight is 438 g/mol. The monoisotopic (exact) mass is 438 g/mol. The van der Waals surface area contributed by atoms with Crippen molar-refractivity contribution in [2.24, 2.45) is 5.92 Å².